The molecule has 1 saturated heterocycles. The van der Waals surface area contributed by atoms with Gasteiger partial charge in [-0.1, -0.05) is 0 Å². The maximum absolute atomic E-state index is 14.9. The van der Waals surface area contributed by atoms with Crippen molar-refractivity contribution in [2.24, 2.45) is 0 Å². The van der Waals surface area contributed by atoms with Gasteiger partial charge in [0.2, 0.25) is 11.9 Å². The van der Waals surface area contributed by atoms with Crippen molar-refractivity contribution >= 4 is 40.9 Å². The van der Waals surface area contributed by atoms with Crippen molar-refractivity contribution in [2.75, 3.05) is 11.9 Å². The second-order valence-corrected chi connectivity index (χ2v) is 7.03. The fourth-order valence-electron chi connectivity index (χ4n) is 3.31. The van der Waals surface area contributed by atoms with Crippen LogP contribution in [0.3, 0.4) is 0 Å². The van der Waals surface area contributed by atoms with Crippen LogP contribution in [-0.4, -0.2) is 68.3 Å². The first kappa shape index (κ1) is 23.8. The monoisotopic (exact) mass is 469 g/mol. The lowest BCUT2D eigenvalue weighted by Crippen LogP contribution is -2.40. The smallest absolute Gasteiger partial charge is 0.303 e. The quantitative estimate of drug-likeness (QED) is 0.317. The van der Waals surface area contributed by atoms with Gasteiger partial charge in [-0.15, -0.1) is 0 Å². The molecule has 3 rings (SSSR count). The van der Waals surface area contributed by atoms with E-state index in [2.05, 4.69) is 20.3 Å². The number of halogens is 1. The topological polar surface area (TPSA) is 181 Å². The Labute approximate surface area is 184 Å². The molecule has 2 aromatic rings. The summed E-state index contributed by atoms with van der Waals surface area (Å²) < 4.78 is 36.8. The second kappa shape index (κ2) is 9.32. The predicted molar refractivity (Wildman–Crippen MR) is 104 cm³/mol. The molecule has 2 aromatic heterocycles. The van der Waals surface area contributed by atoms with E-state index < -0.39 is 72.1 Å². The van der Waals surface area contributed by atoms with Crippen molar-refractivity contribution in [3.63, 3.8) is 0 Å². The van der Waals surface area contributed by atoms with Crippen LogP contribution in [0.5, 0.6) is 0 Å². The normalized spacial score (nSPS) is 22.1. The van der Waals surface area contributed by atoms with Crippen LogP contribution >= 0.6 is 0 Å². The number of hydrogen-bond donors (Lipinski definition) is 2. The molecule has 1 aliphatic heterocycles. The van der Waals surface area contributed by atoms with Gasteiger partial charge in [-0.3, -0.25) is 38.8 Å². The molecular formula is C18H20FN5O9. The lowest BCUT2D eigenvalue weighted by molar-refractivity contribution is -0.166. The van der Waals surface area contributed by atoms with E-state index in [0.29, 0.717) is 4.57 Å². The summed E-state index contributed by atoms with van der Waals surface area (Å²) in [6.45, 7) is 4.05. The number of hydrogen-bond acceptors (Lipinski definition) is 11. The van der Waals surface area contributed by atoms with E-state index in [9.17, 15) is 28.4 Å². The van der Waals surface area contributed by atoms with Crippen molar-refractivity contribution in [2.45, 2.75) is 52.2 Å². The highest BCUT2D eigenvalue weighted by Gasteiger charge is 2.52. The molecule has 14 nitrogen and oxygen atoms in total. The molecule has 0 saturated carbocycles. The largest absolute Gasteiger partial charge is 0.463 e. The molecule has 0 aromatic carbocycles. The van der Waals surface area contributed by atoms with Crippen LogP contribution in [0.25, 0.3) is 11.2 Å². The van der Waals surface area contributed by atoms with E-state index in [1.165, 1.54) is 6.92 Å². The van der Waals surface area contributed by atoms with E-state index in [1.807, 2.05) is 0 Å². The van der Waals surface area contributed by atoms with Crippen molar-refractivity contribution in [3.8, 4) is 0 Å². The lowest BCUT2D eigenvalue weighted by Gasteiger charge is -2.23. The number of aromatic nitrogens is 4. The molecule has 0 bridgehead atoms. The molecule has 15 heteroatoms. The van der Waals surface area contributed by atoms with E-state index in [-0.39, 0.29) is 11.6 Å². The minimum atomic E-state index is -1.52. The van der Waals surface area contributed by atoms with Crippen molar-refractivity contribution in [3.05, 3.63) is 16.4 Å². The van der Waals surface area contributed by atoms with E-state index in [0.717, 1.165) is 20.8 Å². The minimum absolute atomic E-state index is 0.295. The average molecular weight is 469 g/mol. The molecule has 0 radical (unpaired) electrons. The fraction of sp³-hybridized carbons (Fsp3) is 0.500. The molecule has 1 fully saturated rings. The van der Waals surface area contributed by atoms with Gasteiger partial charge in [0.15, 0.2) is 29.6 Å². The van der Waals surface area contributed by atoms with Gasteiger partial charge in [0.05, 0.1) is 0 Å². The summed E-state index contributed by atoms with van der Waals surface area (Å²) in [5.41, 5.74) is -1.65. The van der Waals surface area contributed by atoms with Crippen LogP contribution in [0, 0.1) is 6.08 Å². The van der Waals surface area contributed by atoms with Crippen LogP contribution < -0.4 is 10.9 Å². The second-order valence-electron chi connectivity index (χ2n) is 7.03. The molecular weight excluding hydrogens is 449 g/mol. The first-order valence-electron chi connectivity index (χ1n) is 9.56. The van der Waals surface area contributed by atoms with Crippen molar-refractivity contribution < 1.29 is 42.5 Å². The molecule has 3 heterocycles. The summed E-state index contributed by atoms with van der Waals surface area (Å²) >= 11 is 0. The minimum Gasteiger partial charge on any atom is -0.463 e. The van der Waals surface area contributed by atoms with Gasteiger partial charge in [0.1, 0.15) is 12.7 Å². The van der Waals surface area contributed by atoms with E-state index in [1.54, 1.807) is 0 Å². The molecule has 178 valence electrons. The standard InChI is InChI=1S/C18H20FN5O9/c1-6(25)20-18-22-14-11(15(29)23-18)21-17(19)24(14)16-13(32-9(4)28)12(31-8(3)27)10(33-16)5-30-7(2)26/h10,12-13,16H,5H2,1-4H3,(H2,20,22,23,25,29)/t10-,12?,13?,16-/m1/s1. The molecule has 4 atom stereocenters. The summed E-state index contributed by atoms with van der Waals surface area (Å²) in [6, 6.07) is 0. The zero-order valence-corrected chi connectivity index (χ0v) is 17.9. The van der Waals surface area contributed by atoms with Crippen molar-refractivity contribution in [1.29, 1.82) is 0 Å². The Kier molecular flexibility index (Phi) is 6.71. The number of rotatable bonds is 6. The highest BCUT2D eigenvalue weighted by atomic mass is 19.1. The number of carbonyl (C=O) groups is 4. The molecule has 2 N–H and O–H groups in total. The third kappa shape index (κ3) is 5.14. The highest BCUT2D eigenvalue weighted by molar-refractivity contribution is 5.87. The Morgan fingerprint density at radius 1 is 1.06 bits per heavy atom. The number of nitrogens with zero attached hydrogens (tertiary/aromatic N) is 3. The number of imidazole rings is 1. The third-order valence-electron chi connectivity index (χ3n) is 4.40. The summed E-state index contributed by atoms with van der Waals surface area (Å²) in [4.78, 5) is 68.1. The number of fused-ring (bicyclic) bond motifs is 1. The van der Waals surface area contributed by atoms with Gasteiger partial charge in [0.25, 0.3) is 11.6 Å². The Hall–Kier alpha value is -3.88. The summed E-state index contributed by atoms with van der Waals surface area (Å²) in [5, 5.41) is 2.26. The van der Waals surface area contributed by atoms with Gasteiger partial charge in [-0.2, -0.15) is 14.4 Å². The number of aromatic amines is 1. The number of amides is 1. The summed E-state index contributed by atoms with van der Waals surface area (Å²) in [5.74, 6) is -3.10. The molecule has 1 amide bonds. The first-order valence-corrected chi connectivity index (χ1v) is 9.56. The lowest BCUT2D eigenvalue weighted by atomic mass is 10.1. The number of anilines is 1. The van der Waals surface area contributed by atoms with Gasteiger partial charge in [0, 0.05) is 27.7 Å². The Balaban J connectivity index is 2.13. The molecule has 2 unspecified atom stereocenters. The van der Waals surface area contributed by atoms with E-state index in [4.69, 9.17) is 18.9 Å². The van der Waals surface area contributed by atoms with Crippen molar-refractivity contribution in [1.82, 2.24) is 19.5 Å². The average Bonchev–Trinajstić information content (AvgIpc) is 3.16. The predicted octanol–water partition coefficient (Wildman–Crippen LogP) is -0.459. The maximum Gasteiger partial charge on any atom is 0.303 e. The summed E-state index contributed by atoms with van der Waals surface area (Å²) in [7, 11) is 0. The Bertz CT molecular complexity index is 1180. The van der Waals surface area contributed by atoms with Crippen LogP contribution in [0.2, 0.25) is 0 Å². The Morgan fingerprint density at radius 3 is 2.27 bits per heavy atom. The fourth-order valence-corrected chi connectivity index (χ4v) is 3.31. The number of esters is 3. The van der Waals surface area contributed by atoms with Gasteiger partial charge in [-0.25, -0.2) is 0 Å². The Morgan fingerprint density at radius 2 is 1.70 bits per heavy atom. The van der Waals surface area contributed by atoms with E-state index >= 15 is 0 Å². The van der Waals surface area contributed by atoms with Crippen LogP contribution in [0.1, 0.15) is 33.9 Å². The zero-order valence-electron chi connectivity index (χ0n) is 17.9. The molecule has 33 heavy (non-hydrogen) atoms. The number of carbonyl (C=O) groups excluding carboxylic acids is 4. The summed E-state index contributed by atoms with van der Waals surface area (Å²) in [6.07, 6.45) is -6.66. The van der Waals surface area contributed by atoms with Crippen LogP contribution in [0.4, 0.5) is 10.3 Å². The molecule has 0 spiro atoms. The zero-order chi connectivity index (χ0) is 24.4. The SMILES string of the molecule is CC(=O)Nc1nc2c(nc(F)n2[C@@H]2O[C@H](COC(C)=O)C(OC(C)=O)C2OC(C)=O)c(=O)[nH]1. The maximum atomic E-state index is 14.9. The van der Waals surface area contributed by atoms with Gasteiger partial charge < -0.3 is 18.9 Å². The molecule has 1 aliphatic rings. The van der Waals surface area contributed by atoms with Crippen LogP contribution in [-0.2, 0) is 38.1 Å². The van der Waals surface area contributed by atoms with Gasteiger partial charge >= 0.3 is 17.9 Å². The highest BCUT2D eigenvalue weighted by Crippen LogP contribution is 2.36. The first-order chi connectivity index (χ1) is 15.5. The van der Waals surface area contributed by atoms with Gasteiger partial charge in [-0.05, 0) is 0 Å². The van der Waals surface area contributed by atoms with Crippen LogP contribution in [0.15, 0.2) is 4.79 Å². The molecule has 0 aliphatic carbocycles. The number of H-pyrrole nitrogens is 1. The number of ether oxygens (including phenoxy) is 4. The number of nitrogens with one attached hydrogen (secondary N) is 2. The third-order valence-corrected chi connectivity index (χ3v) is 4.40.